The monoisotopic (exact) mass is 302 g/mol. The summed E-state index contributed by atoms with van der Waals surface area (Å²) in [4.78, 5) is 15.9. The van der Waals surface area contributed by atoms with Crippen LogP contribution in [0.3, 0.4) is 0 Å². The number of hydrogen-bond acceptors (Lipinski definition) is 5. The summed E-state index contributed by atoms with van der Waals surface area (Å²) in [6.45, 7) is 2.42. The molecule has 2 aromatic heterocycles. The van der Waals surface area contributed by atoms with Crippen LogP contribution in [-0.2, 0) is 6.54 Å². The van der Waals surface area contributed by atoms with Crippen molar-refractivity contribution >= 4 is 27.6 Å². The van der Waals surface area contributed by atoms with Crippen molar-refractivity contribution in [1.82, 2.24) is 14.8 Å². The Hall–Kier alpha value is -2.41. The quantitative estimate of drug-likeness (QED) is 0.798. The van der Waals surface area contributed by atoms with Crippen LogP contribution in [0.4, 0.5) is 0 Å². The van der Waals surface area contributed by atoms with Crippen molar-refractivity contribution in [3.8, 4) is 5.75 Å². The highest BCUT2D eigenvalue weighted by molar-refractivity contribution is 7.18. The van der Waals surface area contributed by atoms with Gasteiger partial charge in [0.25, 0.3) is 5.91 Å². The number of nitrogens with two attached hydrogens (primary N) is 1. The van der Waals surface area contributed by atoms with E-state index in [1.54, 1.807) is 11.8 Å². The van der Waals surface area contributed by atoms with Gasteiger partial charge in [0.2, 0.25) is 0 Å². The molecule has 3 rings (SSSR count). The third-order valence-corrected chi connectivity index (χ3v) is 4.09. The first-order valence-electron chi connectivity index (χ1n) is 6.35. The molecule has 0 radical (unpaired) electrons. The van der Waals surface area contributed by atoms with E-state index >= 15 is 0 Å². The number of amides is 1. The lowest BCUT2D eigenvalue weighted by molar-refractivity contribution is 0.0996. The van der Waals surface area contributed by atoms with Crippen molar-refractivity contribution in [3.63, 3.8) is 0 Å². The van der Waals surface area contributed by atoms with Crippen molar-refractivity contribution in [1.29, 1.82) is 0 Å². The maximum atomic E-state index is 11.5. The molecule has 0 aliphatic carbocycles. The second-order valence-electron chi connectivity index (χ2n) is 4.60. The number of aryl methyl sites for hydroxylation is 1. The summed E-state index contributed by atoms with van der Waals surface area (Å²) < 4.78 is 7.59. The number of benzene rings is 1. The van der Waals surface area contributed by atoms with E-state index in [2.05, 4.69) is 10.1 Å². The number of carbonyl (C=O) groups is 1. The fourth-order valence-electron chi connectivity index (χ4n) is 2.13. The van der Waals surface area contributed by atoms with Gasteiger partial charge in [-0.25, -0.2) is 9.67 Å². The average molecular weight is 302 g/mol. The first kappa shape index (κ1) is 13.6. The van der Waals surface area contributed by atoms with Gasteiger partial charge in [-0.15, -0.1) is 11.3 Å². The minimum absolute atomic E-state index is 0.282. The van der Waals surface area contributed by atoms with Crippen LogP contribution in [-0.4, -0.2) is 27.8 Å². The van der Waals surface area contributed by atoms with Crippen molar-refractivity contribution in [2.75, 3.05) is 7.11 Å². The van der Waals surface area contributed by atoms with Crippen LogP contribution in [0, 0.1) is 6.92 Å². The third kappa shape index (κ3) is 2.47. The van der Waals surface area contributed by atoms with Gasteiger partial charge in [-0.1, -0.05) is 12.1 Å². The van der Waals surface area contributed by atoms with Gasteiger partial charge in [-0.2, -0.15) is 5.10 Å². The largest absolute Gasteiger partial charge is 0.497 e. The van der Waals surface area contributed by atoms with E-state index in [4.69, 9.17) is 10.5 Å². The predicted molar refractivity (Wildman–Crippen MR) is 80.8 cm³/mol. The van der Waals surface area contributed by atoms with Crippen LogP contribution in [0.1, 0.15) is 21.1 Å². The molecular weight excluding hydrogens is 288 g/mol. The Balaban J connectivity index is 2.01. The van der Waals surface area contributed by atoms with Crippen LogP contribution < -0.4 is 10.5 Å². The molecule has 0 fully saturated rings. The van der Waals surface area contributed by atoms with Crippen LogP contribution in [0.2, 0.25) is 0 Å². The minimum atomic E-state index is -0.530. The van der Waals surface area contributed by atoms with E-state index in [0.29, 0.717) is 12.2 Å². The van der Waals surface area contributed by atoms with E-state index in [9.17, 15) is 4.79 Å². The molecule has 21 heavy (non-hydrogen) atoms. The lowest BCUT2D eigenvalue weighted by Gasteiger charge is -2.04. The Morgan fingerprint density at radius 1 is 1.38 bits per heavy atom. The first-order valence-corrected chi connectivity index (χ1v) is 7.17. The second kappa shape index (κ2) is 5.17. The summed E-state index contributed by atoms with van der Waals surface area (Å²) in [5, 5.41) is 5.17. The number of thiazole rings is 1. The van der Waals surface area contributed by atoms with Gasteiger partial charge < -0.3 is 10.5 Å². The standard InChI is InChI=1S/C14H14N4O2S/c1-8-16-14-12(21-8)11(13(15)19)17-18(14)7-9-3-5-10(20-2)6-4-9/h3-6H,7H2,1-2H3,(H2,15,19). The smallest absolute Gasteiger partial charge is 0.270 e. The highest BCUT2D eigenvalue weighted by atomic mass is 32.1. The molecule has 0 atom stereocenters. The van der Waals surface area contributed by atoms with Crippen LogP contribution >= 0.6 is 11.3 Å². The van der Waals surface area contributed by atoms with Gasteiger partial charge in [-0.05, 0) is 24.6 Å². The zero-order valence-corrected chi connectivity index (χ0v) is 12.5. The normalized spacial score (nSPS) is 11.0. The molecule has 0 bridgehead atoms. The Bertz CT molecular complexity index is 804. The summed E-state index contributed by atoms with van der Waals surface area (Å²) in [6.07, 6.45) is 0. The van der Waals surface area contributed by atoms with Gasteiger partial charge >= 0.3 is 0 Å². The lowest BCUT2D eigenvalue weighted by atomic mass is 10.2. The molecule has 2 heterocycles. The van der Waals surface area contributed by atoms with Gasteiger partial charge in [0, 0.05) is 0 Å². The zero-order valence-electron chi connectivity index (χ0n) is 11.7. The maximum absolute atomic E-state index is 11.5. The number of carbonyl (C=O) groups excluding carboxylic acids is 1. The molecule has 1 amide bonds. The molecule has 0 aliphatic rings. The topological polar surface area (TPSA) is 83.0 Å². The molecular formula is C14H14N4O2S. The maximum Gasteiger partial charge on any atom is 0.270 e. The van der Waals surface area contributed by atoms with Crippen LogP contribution in [0.15, 0.2) is 24.3 Å². The molecule has 0 unspecified atom stereocenters. The summed E-state index contributed by atoms with van der Waals surface area (Å²) in [5.74, 6) is 0.267. The molecule has 1 aromatic carbocycles. The number of hydrogen-bond donors (Lipinski definition) is 1. The lowest BCUT2D eigenvalue weighted by Crippen LogP contribution is -2.13. The van der Waals surface area contributed by atoms with E-state index < -0.39 is 5.91 Å². The number of primary amides is 1. The van der Waals surface area contributed by atoms with Gasteiger partial charge in [0.15, 0.2) is 11.3 Å². The third-order valence-electron chi connectivity index (χ3n) is 3.12. The Morgan fingerprint density at radius 2 is 2.10 bits per heavy atom. The van der Waals surface area contributed by atoms with Crippen molar-refractivity contribution < 1.29 is 9.53 Å². The van der Waals surface area contributed by atoms with Crippen molar-refractivity contribution in [2.24, 2.45) is 5.73 Å². The Kier molecular flexibility index (Phi) is 3.34. The molecule has 0 aliphatic heterocycles. The Labute approximate surface area is 125 Å². The molecule has 0 saturated carbocycles. The average Bonchev–Trinajstić information content (AvgIpc) is 2.98. The number of fused-ring (bicyclic) bond motifs is 1. The summed E-state index contributed by atoms with van der Waals surface area (Å²) in [6, 6.07) is 7.68. The van der Waals surface area contributed by atoms with Gasteiger partial charge in [0.1, 0.15) is 10.4 Å². The SMILES string of the molecule is COc1ccc(Cn2nc(C(N)=O)c3sc(C)nc32)cc1. The molecule has 7 heteroatoms. The van der Waals surface area contributed by atoms with Crippen LogP contribution in [0.25, 0.3) is 10.3 Å². The van der Waals surface area contributed by atoms with E-state index in [0.717, 1.165) is 21.0 Å². The second-order valence-corrected chi connectivity index (χ2v) is 5.81. The number of rotatable bonds is 4. The fourth-order valence-corrected chi connectivity index (χ4v) is 3.04. The first-order chi connectivity index (χ1) is 10.1. The van der Waals surface area contributed by atoms with E-state index in [1.807, 2.05) is 31.2 Å². The number of ether oxygens (including phenoxy) is 1. The molecule has 6 nitrogen and oxygen atoms in total. The summed E-state index contributed by atoms with van der Waals surface area (Å²) in [7, 11) is 1.63. The number of aromatic nitrogens is 3. The number of nitrogens with zero attached hydrogens (tertiary/aromatic N) is 3. The van der Waals surface area contributed by atoms with Crippen molar-refractivity contribution in [2.45, 2.75) is 13.5 Å². The highest BCUT2D eigenvalue weighted by Gasteiger charge is 2.18. The minimum Gasteiger partial charge on any atom is -0.497 e. The predicted octanol–water partition coefficient (Wildman–Crippen LogP) is 1.96. The Morgan fingerprint density at radius 3 is 2.71 bits per heavy atom. The highest BCUT2D eigenvalue weighted by Crippen LogP contribution is 2.25. The summed E-state index contributed by atoms with van der Waals surface area (Å²) in [5.41, 5.74) is 7.40. The molecule has 2 N–H and O–H groups in total. The zero-order chi connectivity index (χ0) is 15.0. The molecule has 3 aromatic rings. The summed E-state index contributed by atoms with van der Waals surface area (Å²) >= 11 is 1.43. The fraction of sp³-hybridized carbons (Fsp3) is 0.214. The number of methoxy groups -OCH3 is 1. The van der Waals surface area contributed by atoms with Crippen LogP contribution in [0.5, 0.6) is 5.75 Å². The van der Waals surface area contributed by atoms with Gasteiger partial charge in [-0.3, -0.25) is 4.79 Å². The van der Waals surface area contributed by atoms with Crippen molar-refractivity contribution in [3.05, 3.63) is 40.5 Å². The van der Waals surface area contributed by atoms with E-state index in [-0.39, 0.29) is 5.69 Å². The molecule has 108 valence electrons. The van der Waals surface area contributed by atoms with Gasteiger partial charge in [0.05, 0.1) is 18.7 Å². The molecule has 0 spiro atoms. The van der Waals surface area contributed by atoms with E-state index in [1.165, 1.54) is 11.3 Å². The molecule has 0 saturated heterocycles.